The minimum Gasteiger partial charge on any atom is -0.459 e. The van der Waals surface area contributed by atoms with E-state index in [0.717, 1.165) is 13.0 Å². The topological polar surface area (TPSA) is 38.8 Å². The van der Waals surface area contributed by atoms with E-state index >= 15 is 0 Å². The lowest BCUT2D eigenvalue weighted by atomic mass is 9.59. The largest absolute Gasteiger partial charge is 0.459 e. The number of fused-ring (bicyclic) bond motifs is 6. The average molecular weight is 278 g/mol. The van der Waals surface area contributed by atoms with Crippen molar-refractivity contribution in [3.8, 4) is 0 Å². The predicted molar refractivity (Wildman–Crippen MR) is 75.1 cm³/mol. The van der Waals surface area contributed by atoms with Gasteiger partial charge >= 0.3 is 5.97 Å². The van der Waals surface area contributed by atoms with Gasteiger partial charge in [0, 0.05) is 12.8 Å². The summed E-state index contributed by atoms with van der Waals surface area (Å²) in [5.41, 5.74) is 0.869. The van der Waals surface area contributed by atoms with Crippen molar-refractivity contribution in [2.24, 2.45) is 22.2 Å². The van der Waals surface area contributed by atoms with Gasteiger partial charge in [-0.15, -0.1) is 0 Å². The van der Waals surface area contributed by atoms with Crippen molar-refractivity contribution in [3.05, 3.63) is 0 Å². The highest BCUT2D eigenvalue weighted by Crippen LogP contribution is 2.79. The quantitative estimate of drug-likeness (QED) is 0.545. The van der Waals surface area contributed by atoms with Crippen molar-refractivity contribution in [2.45, 2.75) is 71.5 Å². The molecular weight excluding hydrogens is 252 g/mol. The van der Waals surface area contributed by atoms with Gasteiger partial charge in [0.15, 0.2) is 0 Å². The second kappa shape index (κ2) is 3.43. The van der Waals surface area contributed by atoms with E-state index in [1.54, 1.807) is 0 Å². The zero-order chi connectivity index (χ0) is 14.4. The summed E-state index contributed by atoms with van der Waals surface area (Å²) < 4.78 is 11.7. The molecule has 0 amide bonds. The fraction of sp³-hybridized carbons (Fsp3) is 0.941. The number of hydrogen-bond acceptors (Lipinski definition) is 3. The molecule has 0 aromatic carbocycles. The number of esters is 1. The summed E-state index contributed by atoms with van der Waals surface area (Å²) in [6.07, 6.45) is 6.17. The molecule has 2 bridgehead atoms. The molecule has 6 atom stereocenters. The van der Waals surface area contributed by atoms with Crippen molar-refractivity contribution in [2.75, 3.05) is 6.61 Å². The fourth-order valence-corrected chi connectivity index (χ4v) is 6.46. The second-order valence-corrected chi connectivity index (χ2v) is 8.47. The van der Waals surface area contributed by atoms with Crippen LogP contribution in [0.5, 0.6) is 0 Å². The minimum absolute atomic E-state index is 0.0250. The van der Waals surface area contributed by atoms with Crippen molar-refractivity contribution in [3.63, 3.8) is 0 Å². The molecule has 3 heteroatoms. The van der Waals surface area contributed by atoms with Crippen LogP contribution in [0.1, 0.15) is 59.8 Å². The van der Waals surface area contributed by atoms with Crippen LogP contribution < -0.4 is 0 Å². The first-order valence-corrected chi connectivity index (χ1v) is 8.09. The fourth-order valence-electron chi connectivity index (χ4n) is 6.46. The normalized spacial score (nSPS) is 59.6. The van der Waals surface area contributed by atoms with E-state index in [1.807, 2.05) is 0 Å². The monoisotopic (exact) mass is 278 g/mol. The van der Waals surface area contributed by atoms with Crippen LogP contribution in [0.4, 0.5) is 0 Å². The third-order valence-electron chi connectivity index (χ3n) is 7.95. The molecule has 0 radical (unpaired) electrons. The zero-order valence-corrected chi connectivity index (χ0v) is 13.1. The van der Waals surface area contributed by atoms with E-state index in [9.17, 15) is 4.79 Å². The molecule has 1 saturated heterocycles. The molecule has 4 rings (SSSR count). The van der Waals surface area contributed by atoms with Gasteiger partial charge in [0.05, 0.1) is 6.61 Å². The highest BCUT2D eigenvalue weighted by molar-refractivity contribution is 5.66. The lowest BCUT2D eigenvalue weighted by Gasteiger charge is -2.46. The third-order valence-corrected chi connectivity index (χ3v) is 7.95. The highest BCUT2D eigenvalue weighted by atomic mass is 16.6. The van der Waals surface area contributed by atoms with E-state index in [0.29, 0.717) is 22.2 Å². The van der Waals surface area contributed by atoms with Crippen LogP contribution in [0.3, 0.4) is 0 Å². The maximum atomic E-state index is 11.5. The Kier molecular flexibility index (Phi) is 2.25. The molecular formula is C17H26O3. The first-order chi connectivity index (χ1) is 9.28. The molecule has 3 nitrogen and oxygen atoms in total. The number of rotatable bonds is 1. The SMILES string of the molecule is CC(=O)O[C@@H]1C[C@]2(C)C[C@H]([C@]13CO3)[C@]1(C)CCC[C@]21C. The first-order valence-electron chi connectivity index (χ1n) is 8.09. The molecule has 4 aliphatic rings. The summed E-state index contributed by atoms with van der Waals surface area (Å²) >= 11 is 0. The second-order valence-electron chi connectivity index (χ2n) is 8.47. The summed E-state index contributed by atoms with van der Waals surface area (Å²) in [7, 11) is 0. The first kappa shape index (κ1) is 13.1. The van der Waals surface area contributed by atoms with Gasteiger partial charge in [-0.2, -0.15) is 0 Å². The van der Waals surface area contributed by atoms with Crippen molar-refractivity contribution in [1.29, 1.82) is 0 Å². The molecule has 0 aromatic heterocycles. The van der Waals surface area contributed by atoms with Gasteiger partial charge in [-0.25, -0.2) is 0 Å². The molecule has 4 fully saturated rings. The maximum absolute atomic E-state index is 11.5. The number of hydrogen-bond donors (Lipinski definition) is 0. The standard InChI is InChI=1S/C17H26O3/c1-11(18)20-13-9-14(2)8-12(17(13)10-19-17)15(3)6-5-7-16(14,15)4/h12-13H,5-10H2,1-4H3/t12-,13+,14-,15-,16+,17+/m0/s1. The molecule has 1 aliphatic heterocycles. The van der Waals surface area contributed by atoms with Gasteiger partial charge in [-0.3, -0.25) is 4.79 Å². The van der Waals surface area contributed by atoms with Gasteiger partial charge in [0.2, 0.25) is 0 Å². The van der Waals surface area contributed by atoms with Gasteiger partial charge in [-0.1, -0.05) is 27.2 Å². The Labute approximate surface area is 121 Å². The van der Waals surface area contributed by atoms with E-state index in [4.69, 9.17) is 9.47 Å². The molecule has 3 saturated carbocycles. The Morgan fingerprint density at radius 1 is 1.20 bits per heavy atom. The van der Waals surface area contributed by atoms with Crippen LogP contribution in [0.2, 0.25) is 0 Å². The number of ether oxygens (including phenoxy) is 2. The number of carbonyl (C=O) groups excluding carboxylic acids is 1. The van der Waals surface area contributed by atoms with Crippen molar-refractivity contribution in [1.82, 2.24) is 0 Å². The van der Waals surface area contributed by atoms with E-state index in [-0.39, 0.29) is 17.7 Å². The highest BCUT2D eigenvalue weighted by Gasteiger charge is 2.79. The predicted octanol–water partition coefficient (Wildman–Crippen LogP) is 3.31. The van der Waals surface area contributed by atoms with Crippen LogP contribution >= 0.6 is 0 Å². The van der Waals surface area contributed by atoms with E-state index < -0.39 is 0 Å². The molecule has 112 valence electrons. The summed E-state index contributed by atoms with van der Waals surface area (Å²) in [4.78, 5) is 11.5. The molecule has 20 heavy (non-hydrogen) atoms. The molecule has 3 aliphatic carbocycles. The summed E-state index contributed by atoms with van der Waals surface area (Å²) in [6, 6.07) is 0. The summed E-state index contributed by atoms with van der Waals surface area (Å²) in [5.74, 6) is 0.404. The Hall–Kier alpha value is -0.570. The van der Waals surface area contributed by atoms with Gasteiger partial charge in [-0.05, 0) is 41.9 Å². The molecule has 1 spiro atoms. The Morgan fingerprint density at radius 2 is 1.90 bits per heavy atom. The summed E-state index contributed by atoms with van der Waals surface area (Å²) in [6.45, 7) is 9.72. The van der Waals surface area contributed by atoms with Gasteiger partial charge < -0.3 is 9.47 Å². The van der Waals surface area contributed by atoms with Crippen LogP contribution in [-0.4, -0.2) is 24.3 Å². The van der Waals surface area contributed by atoms with E-state index in [2.05, 4.69) is 20.8 Å². The van der Waals surface area contributed by atoms with Crippen molar-refractivity contribution < 1.29 is 14.3 Å². The Bertz CT molecular complexity index is 483. The van der Waals surface area contributed by atoms with Crippen LogP contribution in [-0.2, 0) is 14.3 Å². The summed E-state index contributed by atoms with van der Waals surface area (Å²) in [5, 5.41) is 0. The van der Waals surface area contributed by atoms with Crippen LogP contribution in [0, 0.1) is 22.2 Å². The zero-order valence-electron chi connectivity index (χ0n) is 13.1. The smallest absolute Gasteiger partial charge is 0.303 e. The Balaban J connectivity index is 1.80. The van der Waals surface area contributed by atoms with E-state index in [1.165, 1.54) is 32.6 Å². The molecule has 0 aromatic rings. The van der Waals surface area contributed by atoms with Gasteiger partial charge in [0.25, 0.3) is 0 Å². The number of carbonyl (C=O) groups is 1. The van der Waals surface area contributed by atoms with Crippen LogP contribution in [0.15, 0.2) is 0 Å². The molecule has 0 unspecified atom stereocenters. The minimum atomic E-state index is -0.157. The maximum Gasteiger partial charge on any atom is 0.303 e. The Morgan fingerprint density at radius 3 is 2.50 bits per heavy atom. The lowest BCUT2D eigenvalue weighted by Crippen LogP contribution is -2.48. The van der Waals surface area contributed by atoms with Crippen LogP contribution in [0.25, 0.3) is 0 Å². The third kappa shape index (κ3) is 1.21. The van der Waals surface area contributed by atoms with Crippen molar-refractivity contribution >= 4 is 5.97 Å². The number of epoxide rings is 1. The van der Waals surface area contributed by atoms with Gasteiger partial charge in [0.1, 0.15) is 11.7 Å². The molecule has 0 N–H and O–H groups in total. The molecule has 1 heterocycles. The average Bonchev–Trinajstić information content (AvgIpc) is 3.04. The lowest BCUT2D eigenvalue weighted by molar-refractivity contribution is -0.157.